The Morgan fingerprint density at radius 1 is 1.21 bits per heavy atom. The number of nitrogens with one attached hydrogen (secondary N) is 1. The number of carbonyl (C=O) groups is 1. The van der Waals surface area contributed by atoms with Crippen molar-refractivity contribution in [2.75, 3.05) is 17.6 Å². The number of hydrogen-bond acceptors (Lipinski definition) is 4. The van der Waals surface area contributed by atoms with Gasteiger partial charge in [-0.3, -0.25) is 4.21 Å². The molecule has 5 nitrogen and oxygen atoms in total. The van der Waals surface area contributed by atoms with Crippen molar-refractivity contribution >= 4 is 56.6 Å². The summed E-state index contributed by atoms with van der Waals surface area (Å²) in [4.78, 5) is 16.3. The van der Waals surface area contributed by atoms with Crippen LogP contribution in [-0.2, 0) is 10.8 Å². The van der Waals surface area contributed by atoms with Crippen LogP contribution in [0.25, 0.3) is 10.9 Å². The molecule has 2 N–H and O–H groups in total. The van der Waals surface area contributed by atoms with Gasteiger partial charge in [0.1, 0.15) is 0 Å². The van der Waals surface area contributed by atoms with Gasteiger partial charge in [0.25, 0.3) is 0 Å². The Kier molecular flexibility index (Phi) is 6.54. The highest BCUT2D eigenvalue weighted by atomic mass is 35.5. The molecule has 1 heterocycles. The molecule has 8 heteroatoms. The average molecular weight is 437 g/mol. The largest absolute Gasteiger partial charge is 0.477 e. The summed E-state index contributed by atoms with van der Waals surface area (Å²) in [5.74, 6) is -0.647. The minimum atomic E-state index is -1.14. The maximum absolute atomic E-state index is 12.4. The number of carboxylic acid groups (broad SMARTS) is 1. The highest BCUT2D eigenvalue weighted by Gasteiger charge is 2.14. The molecule has 1 unspecified atom stereocenters. The second kappa shape index (κ2) is 8.90. The van der Waals surface area contributed by atoms with Gasteiger partial charge in [-0.2, -0.15) is 0 Å². The van der Waals surface area contributed by atoms with Gasteiger partial charge < -0.3 is 10.4 Å². The predicted octanol–water partition coefficient (Wildman–Crippen LogP) is 5.16. The van der Waals surface area contributed by atoms with Crippen molar-refractivity contribution in [1.29, 1.82) is 0 Å². The van der Waals surface area contributed by atoms with E-state index in [0.29, 0.717) is 45.4 Å². The van der Waals surface area contributed by atoms with E-state index in [-0.39, 0.29) is 5.69 Å². The second-order valence-electron chi connectivity index (χ2n) is 6.29. The summed E-state index contributed by atoms with van der Waals surface area (Å²) in [6.45, 7) is 2.47. The van der Waals surface area contributed by atoms with Crippen LogP contribution in [0.5, 0.6) is 0 Å². The van der Waals surface area contributed by atoms with E-state index in [1.165, 1.54) is 6.07 Å². The molecule has 1 aromatic heterocycles. The van der Waals surface area contributed by atoms with Crippen LogP contribution >= 0.6 is 23.2 Å². The fourth-order valence-corrected chi connectivity index (χ4v) is 4.61. The Balaban J connectivity index is 1.75. The number of aromatic nitrogens is 1. The molecule has 28 heavy (non-hydrogen) atoms. The zero-order chi connectivity index (χ0) is 20.3. The molecule has 3 rings (SSSR count). The van der Waals surface area contributed by atoms with Gasteiger partial charge in [-0.05, 0) is 49.2 Å². The first-order valence-electron chi connectivity index (χ1n) is 8.57. The van der Waals surface area contributed by atoms with Crippen molar-refractivity contribution in [3.63, 3.8) is 0 Å². The van der Waals surface area contributed by atoms with Gasteiger partial charge in [0.15, 0.2) is 5.69 Å². The number of hydrogen-bond donors (Lipinski definition) is 2. The summed E-state index contributed by atoms with van der Waals surface area (Å²) in [5, 5.41) is 13.9. The van der Waals surface area contributed by atoms with Crippen molar-refractivity contribution in [3.05, 3.63) is 63.8 Å². The van der Waals surface area contributed by atoms with Crippen LogP contribution in [0.3, 0.4) is 0 Å². The molecule has 0 aliphatic carbocycles. The van der Waals surface area contributed by atoms with Gasteiger partial charge in [0.2, 0.25) is 0 Å². The molecule has 0 aliphatic rings. The second-order valence-corrected chi connectivity index (χ2v) is 8.70. The minimum Gasteiger partial charge on any atom is -0.477 e. The molecule has 1 atom stereocenters. The third-order valence-corrected chi connectivity index (χ3v) is 6.07. The van der Waals surface area contributed by atoms with E-state index in [2.05, 4.69) is 10.3 Å². The number of carboxylic acids is 1. The predicted molar refractivity (Wildman–Crippen MR) is 114 cm³/mol. The first kappa shape index (κ1) is 20.6. The Labute approximate surface area is 175 Å². The van der Waals surface area contributed by atoms with Crippen LogP contribution in [0, 0.1) is 6.92 Å². The molecule has 0 aliphatic heterocycles. The molecule has 0 saturated heterocycles. The fraction of sp³-hybridized carbons (Fsp3) is 0.200. The van der Waals surface area contributed by atoms with Gasteiger partial charge in [-0.15, -0.1) is 0 Å². The summed E-state index contributed by atoms with van der Waals surface area (Å²) in [7, 11) is -1.09. The molecule has 0 spiro atoms. The van der Waals surface area contributed by atoms with Crippen molar-refractivity contribution < 1.29 is 14.1 Å². The van der Waals surface area contributed by atoms with Crippen LogP contribution in [0.15, 0.2) is 47.4 Å². The molecule has 0 fully saturated rings. The van der Waals surface area contributed by atoms with Crippen LogP contribution in [0.2, 0.25) is 10.0 Å². The molecule has 0 saturated carbocycles. The number of benzene rings is 2. The highest BCUT2D eigenvalue weighted by molar-refractivity contribution is 7.85. The first-order chi connectivity index (χ1) is 13.3. The third kappa shape index (κ3) is 4.82. The van der Waals surface area contributed by atoms with Gasteiger partial charge in [-0.1, -0.05) is 35.3 Å². The lowest BCUT2D eigenvalue weighted by Crippen LogP contribution is -2.09. The molecule has 0 bridgehead atoms. The standard InChI is InChI=1S/C20H18Cl2N2O3S/c1-12-4-2-5-14(8-12)28(27)7-3-6-23-16-11-18(20(25)26)24-17-10-13(21)9-15(22)19(16)17/h2,4-5,8-11H,3,6-7H2,1H3,(H,23,24)(H,25,26). The molecule has 0 radical (unpaired) electrons. The lowest BCUT2D eigenvalue weighted by atomic mass is 10.1. The molecule has 0 amide bonds. The van der Waals surface area contributed by atoms with E-state index in [9.17, 15) is 14.1 Å². The van der Waals surface area contributed by atoms with Crippen LogP contribution < -0.4 is 5.32 Å². The van der Waals surface area contributed by atoms with Crippen molar-refractivity contribution in [3.8, 4) is 0 Å². The lowest BCUT2D eigenvalue weighted by molar-refractivity contribution is 0.0691. The Bertz CT molecular complexity index is 1070. The van der Waals surface area contributed by atoms with Crippen molar-refractivity contribution in [1.82, 2.24) is 4.98 Å². The topological polar surface area (TPSA) is 79.3 Å². The summed E-state index contributed by atoms with van der Waals surface area (Å²) in [6, 6.07) is 12.2. The lowest BCUT2D eigenvalue weighted by Gasteiger charge is -2.12. The molecule has 146 valence electrons. The zero-order valence-corrected chi connectivity index (χ0v) is 17.4. The number of aryl methyl sites for hydroxylation is 1. The van der Waals surface area contributed by atoms with Crippen LogP contribution in [0.4, 0.5) is 5.69 Å². The monoisotopic (exact) mass is 436 g/mol. The number of nitrogens with zero attached hydrogens (tertiary/aromatic N) is 1. The van der Waals surface area contributed by atoms with Crippen molar-refractivity contribution in [2.45, 2.75) is 18.2 Å². The maximum Gasteiger partial charge on any atom is 0.354 e. The van der Waals surface area contributed by atoms with Crippen LogP contribution in [0.1, 0.15) is 22.5 Å². The molecule has 2 aromatic carbocycles. The minimum absolute atomic E-state index is 0.100. The smallest absolute Gasteiger partial charge is 0.354 e. The number of fused-ring (bicyclic) bond motifs is 1. The Morgan fingerprint density at radius 3 is 2.71 bits per heavy atom. The molecular weight excluding hydrogens is 419 g/mol. The summed E-state index contributed by atoms with van der Waals surface area (Å²) in [6.07, 6.45) is 0.637. The number of pyridine rings is 1. The van der Waals surface area contributed by atoms with E-state index >= 15 is 0 Å². The van der Waals surface area contributed by atoms with E-state index in [0.717, 1.165) is 10.5 Å². The highest BCUT2D eigenvalue weighted by Crippen LogP contribution is 2.33. The Hall–Kier alpha value is -2.15. The van der Waals surface area contributed by atoms with E-state index in [1.54, 1.807) is 12.1 Å². The van der Waals surface area contributed by atoms with Crippen LogP contribution in [-0.4, -0.2) is 32.6 Å². The van der Waals surface area contributed by atoms with E-state index in [4.69, 9.17) is 23.2 Å². The summed E-state index contributed by atoms with van der Waals surface area (Å²) >= 11 is 12.3. The normalized spacial score (nSPS) is 12.1. The quantitative estimate of drug-likeness (QED) is 0.500. The number of aromatic carboxylic acids is 1. The first-order valence-corrected chi connectivity index (χ1v) is 10.6. The maximum atomic E-state index is 12.4. The Morgan fingerprint density at radius 2 is 2.00 bits per heavy atom. The van der Waals surface area contributed by atoms with Gasteiger partial charge >= 0.3 is 5.97 Å². The number of halogens is 2. The van der Waals surface area contributed by atoms with E-state index in [1.807, 2.05) is 31.2 Å². The number of rotatable bonds is 7. The number of anilines is 1. The molecular formula is C20H18Cl2N2O3S. The summed E-state index contributed by atoms with van der Waals surface area (Å²) in [5.41, 5.74) is 1.94. The zero-order valence-electron chi connectivity index (χ0n) is 15.0. The van der Waals surface area contributed by atoms with Gasteiger partial charge in [0.05, 0.1) is 21.3 Å². The molecule has 3 aromatic rings. The summed E-state index contributed by atoms with van der Waals surface area (Å²) < 4.78 is 12.4. The van der Waals surface area contributed by atoms with Gasteiger partial charge in [-0.25, -0.2) is 9.78 Å². The fourth-order valence-electron chi connectivity index (χ4n) is 2.84. The third-order valence-electron chi connectivity index (χ3n) is 4.12. The average Bonchev–Trinajstić information content (AvgIpc) is 2.64. The van der Waals surface area contributed by atoms with E-state index < -0.39 is 16.8 Å². The van der Waals surface area contributed by atoms with Gasteiger partial charge in [0, 0.05) is 33.3 Å². The SMILES string of the molecule is Cc1cccc(S(=O)CCCNc2cc(C(=O)O)nc3cc(Cl)cc(Cl)c23)c1. The van der Waals surface area contributed by atoms with Crippen molar-refractivity contribution in [2.24, 2.45) is 0 Å².